The summed E-state index contributed by atoms with van der Waals surface area (Å²) in [6.45, 7) is 0.708. The molecule has 0 spiro atoms. The number of aliphatic carboxylic acids is 1. The first-order valence-electron chi connectivity index (χ1n) is 7.09. The molecule has 0 radical (unpaired) electrons. The van der Waals surface area contributed by atoms with Gasteiger partial charge in [0.2, 0.25) is 0 Å². The molecule has 2 aromatic carbocycles. The number of benzene rings is 2. The second kappa shape index (κ2) is 8.48. The first kappa shape index (κ1) is 16.4. The Bertz CT molecular complexity index is 664. The fourth-order valence-electron chi connectivity index (χ4n) is 1.89. The Morgan fingerprint density at radius 3 is 2.48 bits per heavy atom. The van der Waals surface area contributed by atoms with Crippen molar-refractivity contribution in [2.75, 3.05) is 20.3 Å². The van der Waals surface area contributed by atoms with E-state index in [1.54, 1.807) is 25.3 Å². The Hall–Kier alpha value is -2.95. The molecule has 0 aliphatic heterocycles. The van der Waals surface area contributed by atoms with Crippen molar-refractivity contribution >= 4 is 12.0 Å². The second-order valence-corrected chi connectivity index (χ2v) is 4.59. The van der Waals surface area contributed by atoms with Crippen molar-refractivity contribution in [3.8, 4) is 17.2 Å². The van der Waals surface area contributed by atoms with Crippen LogP contribution in [0.3, 0.4) is 0 Å². The van der Waals surface area contributed by atoms with Crippen LogP contribution in [0, 0.1) is 0 Å². The molecule has 0 bridgehead atoms. The van der Waals surface area contributed by atoms with E-state index in [4.69, 9.17) is 19.3 Å². The monoisotopic (exact) mass is 314 g/mol. The molecule has 0 unspecified atom stereocenters. The second-order valence-electron chi connectivity index (χ2n) is 4.59. The lowest BCUT2D eigenvalue weighted by molar-refractivity contribution is -0.131. The molecule has 0 aliphatic carbocycles. The molecular formula is C18H18O5. The van der Waals surface area contributed by atoms with Gasteiger partial charge >= 0.3 is 5.97 Å². The lowest BCUT2D eigenvalue weighted by Crippen LogP contribution is -2.09. The van der Waals surface area contributed by atoms with Crippen LogP contribution in [-0.2, 0) is 4.79 Å². The van der Waals surface area contributed by atoms with Gasteiger partial charge in [-0.25, -0.2) is 4.79 Å². The van der Waals surface area contributed by atoms with E-state index in [2.05, 4.69) is 0 Å². The summed E-state index contributed by atoms with van der Waals surface area (Å²) in [4.78, 5) is 10.7. The van der Waals surface area contributed by atoms with Gasteiger partial charge in [-0.15, -0.1) is 0 Å². The first-order chi connectivity index (χ1) is 11.2. The van der Waals surface area contributed by atoms with Gasteiger partial charge in [0.15, 0.2) is 0 Å². The number of ether oxygens (including phenoxy) is 3. The zero-order valence-corrected chi connectivity index (χ0v) is 12.8. The van der Waals surface area contributed by atoms with Gasteiger partial charge in [0.1, 0.15) is 30.5 Å². The third kappa shape index (κ3) is 5.39. The average molecular weight is 314 g/mol. The predicted octanol–water partition coefficient (Wildman–Crippen LogP) is 3.25. The summed E-state index contributed by atoms with van der Waals surface area (Å²) in [5, 5.41) is 8.73. The normalized spacial score (nSPS) is 10.5. The molecule has 0 aliphatic rings. The molecule has 0 saturated heterocycles. The zero-order valence-electron chi connectivity index (χ0n) is 12.8. The molecule has 120 valence electrons. The third-order valence-electron chi connectivity index (χ3n) is 2.98. The van der Waals surface area contributed by atoms with E-state index in [1.807, 2.05) is 30.3 Å². The SMILES string of the molecule is COc1ccc(C=CC(=O)O)c(OCCOc2ccccc2)c1. The summed E-state index contributed by atoms with van der Waals surface area (Å²) in [7, 11) is 1.56. The van der Waals surface area contributed by atoms with Crippen molar-refractivity contribution in [1.82, 2.24) is 0 Å². The largest absolute Gasteiger partial charge is 0.497 e. The maximum absolute atomic E-state index is 10.7. The van der Waals surface area contributed by atoms with Crippen LogP contribution in [0.15, 0.2) is 54.6 Å². The zero-order chi connectivity index (χ0) is 16.5. The highest BCUT2D eigenvalue weighted by molar-refractivity contribution is 5.86. The molecule has 2 rings (SSSR count). The fourth-order valence-corrected chi connectivity index (χ4v) is 1.89. The van der Waals surface area contributed by atoms with E-state index >= 15 is 0 Å². The highest BCUT2D eigenvalue weighted by Crippen LogP contribution is 2.26. The molecule has 5 heteroatoms. The van der Waals surface area contributed by atoms with Gasteiger partial charge in [-0.05, 0) is 30.3 Å². The molecule has 0 amide bonds. The number of para-hydroxylation sites is 1. The topological polar surface area (TPSA) is 65.0 Å². The Kier molecular flexibility index (Phi) is 6.06. The van der Waals surface area contributed by atoms with E-state index in [1.165, 1.54) is 6.08 Å². The molecule has 0 atom stereocenters. The van der Waals surface area contributed by atoms with Crippen molar-refractivity contribution in [1.29, 1.82) is 0 Å². The highest BCUT2D eigenvalue weighted by Gasteiger charge is 2.04. The summed E-state index contributed by atoms with van der Waals surface area (Å²) in [5.74, 6) is 0.932. The van der Waals surface area contributed by atoms with E-state index in [9.17, 15) is 4.79 Å². The summed E-state index contributed by atoms with van der Waals surface area (Å²) >= 11 is 0. The Labute approximate surface area is 134 Å². The van der Waals surface area contributed by atoms with Gasteiger partial charge < -0.3 is 19.3 Å². The lowest BCUT2D eigenvalue weighted by Gasteiger charge is -2.12. The molecule has 2 aromatic rings. The van der Waals surface area contributed by atoms with Crippen molar-refractivity contribution in [2.45, 2.75) is 0 Å². The van der Waals surface area contributed by atoms with E-state index < -0.39 is 5.97 Å². The molecule has 0 heterocycles. The number of carboxylic acids is 1. The smallest absolute Gasteiger partial charge is 0.328 e. The van der Waals surface area contributed by atoms with Crippen LogP contribution >= 0.6 is 0 Å². The van der Waals surface area contributed by atoms with Gasteiger partial charge in [0.25, 0.3) is 0 Å². The maximum atomic E-state index is 10.7. The lowest BCUT2D eigenvalue weighted by atomic mass is 10.1. The number of carboxylic acid groups (broad SMARTS) is 1. The number of rotatable bonds is 8. The van der Waals surface area contributed by atoms with Crippen molar-refractivity contribution in [3.05, 3.63) is 60.2 Å². The highest BCUT2D eigenvalue weighted by atomic mass is 16.5. The summed E-state index contributed by atoms with van der Waals surface area (Å²) in [5.41, 5.74) is 0.660. The van der Waals surface area contributed by atoms with E-state index in [0.717, 1.165) is 11.8 Å². The number of methoxy groups -OCH3 is 1. The van der Waals surface area contributed by atoms with Gasteiger partial charge in [0.05, 0.1) is 7.11 Å². The van der Waals surface area contributed by atoms with Crippen molar-refractivity contribution in [3.63, 3.8) is 0 Å². The molecule has 1 N–H and O–H groups in total. The van der Waals surface area contributed by atoms with Crippen molar-refractivity contribution < 1.29 is 24.1 Å². The quantitative estimate of drug-likeness (QED) is 0.598. The number of hydrogen-bond donors (Lipinski definition) is 1. The Morgan fingerprint density at radius 1 is 1.04 bits per heavy atom. The third-order valence-corrected chi connectivity index (χ3v) is 2.98. The molecular weight excluding hydrogens is 296 g/mol. The van der Waals surface area contributed by atoms with Crippen LogP contribution in [0.2, 0.25) is 0 Å². The predicted molar refractivity (Wildman–Crippen MR) is 87.1 cm³/mol. The first-order valence-corrected chi connectivity index (χ1v) is 7.09. The van der Waals surface area contributed by atoms with Crippen LogP contribution in [-0.4, -0.2) is 31.4 Å². The van der Waals surface area contributed by atoms with Crippen molar-refractivity contribution in [2.24, 2.45) is 0 Å². The molecule has 23 heavy (non-hydrogen) atoms. The van der Waals surface area contributed by atoms with Crippen LogP contribution in [0.4, 0.5) is 0 Å². The average Bonchev–Trinajstić information content (AvgIpc) is 2.58. The number of hydrogen-bond acceptors (Lipinski definition) is 4. The minimum Gasteiger partial charge on any atom is -0.497 e. The standard InChI is InChI=1S/C18H18O5/c1-21-16-9-7-14(8-10-18(19)20)17(13-16)23-12-11-22-15-5-3-2-4-6-15/h2-10,13H,11-12H2,1H3,(H,19,20). The summed E-state index contributed by atoms with van der Waals surface area (Å²) < 4.78 is 16.4. The van der Waals surface area contributed by atoms with Crippen LogP contribution in [0.25, 0.3) is 6.08 Å². The molecule has 0 fully saturated rings. The van der Waals surface area contributed by atoms with E-state index in [-0.39, 0.29) is 0 Å². The van der Waals surface area contributed by atoms with Crippen LogP contribution in [0.1, 0.15) is 5.56 Å². The van der Waals surface area contributed by atoms with Gasteiger partial charge in [0, 0.05) is 17.7 Å². The van der Waals surface area contributed by atoms with Crippen LogP contribution in [0.5, 0.6) is 17.2 Å². The minimum absolute atomic E-state index is 0.329. The van der Waals surface area contributed by atoms with Crippen LogP contribution < -0.4 is 14.2 Å². The Balaban J connectivity index is 1.97. The summed E-state index contributed by atoms with van der Waals surface area (Å²) in [6.07, 6.45) is 2.55. The molecule has 0 saturated carbocycles. The summed E-state index contributed by atoms with van der Waals surface area (Å²) in [6, 6.07) is 14.6. The minimum atomic E-state index is -1.01. The van der Waals surface area contributed by atoms with Gasteiger partial charge in [-0.3, -0.25) is 0 Å². The maximum Gasteiger partial charge on any atom is 0.328 e. The molecule has 5 nitrogen and oxygen atoms in total. The van der Waals surface area contributed by atoms with Gasteiger partial charge in [-0.2, -0.15) is 0 Å². The molecule has 0 aromatic heterocycles. The number of carbonyl (C=O) groups is 1. The Morgan fingerprint density at radius 2 is 1.78 bits per heavy atom. The van der Waals surface area contributed by atoms with Gasteiger partial charge in [-0.1, -0.05) is 18.2 Å². The van der Waals surface area contributed by atoms with E-state index in [0.29, 0.717) is 30.3 Å². The fraction of sp³-hybridized carbons (Fsp3) is 0.167.